The molecule has 2 aliphatic rings. The second kappa shape index (κ2) is 9.43. The molecule has 0 aromatic heterocycles. The van der Waals surface area contributed by atoms with Crippen molar-refractivity contribution in [2.45, 2.75) is 25.7 Å². The predicted octanol–water partition coefficient (Wildman–Crippen LogP) is 4.81. The van der Waals surface area contributed by atoms with Gasteiger partial charge in [-0.3, -0.25) is 0 Å². The largest absolute Gasteiger partial charge is 0.497 e. The van der Waals surface area contributed by atoms with Gasteiger partial charge in [0, 0.05) is 0 Å². The molecule has 2 aliphatic heterocycles. The van der Waals surface area contributed by atoms with E-state index in [-0.39, 0.29) is 0 Å². The molecule has 5 rings (SSSR count). The third-order valence-electron chi connectivity index (χ3n) is 5.88. The molecule has 32 heavy (non-hydrogen) atoms. The van der Waals surface area contributed by atoms with Crippen molar-refractivity contribution in [3.63, 3.8) is 0 Å². The van der Waals surface area contributed by atoms with Crippen LogP contribution in [0.1, 0.15) is 22.3 Å². The van der Waals surface area contributed by atoms with Gasteiger partial charge >= 0.3 is 0 Å². The first-order chi connectivity index (χ1) is 15.8. The van der Waals surface area contributed by atoms with Gasteiger partial charge in [0.2, 0.25) is 0 Å². The van der Waals surface area contributed by atoms with Crippen molar-refractivity contribution >= 4 is 0 Å². The Kier molecular flexibility index (Phi) is 6.06. The van der Waals surface area contributed by atoms with Gasteiger partial charge in [0.25, 0.3) is 0 Å². The van der Waals surface area contributed by atoms with E-state index in [1.807, 2.05) is 12.1 Å². The lowest BCUT2D eigenvalue weighted by molar-refractivity contribution is 0.171. The molecule has 0 amide bonds. The number of hydrogen-bond acceptors (Lipinski definition) is 5. The van der Waals surface area contributed by atoms with E-state index in [1.54, 1.807) is 7.11 Å². The van der Waals surface area contributed by atoms with E-state index >= 15 is 0 Å². The highest BCUT2D eigenvalue weighted by Gasteiger charge is 2.13. The van der Waals surface area contributed by atoms with Gasteiger partial charge < -0.3 is 23.7 Å². The maximum Gasteiger partial charge on any atom is 0.161 e. The van der Waals surface area contributed by atoms with Gasteiger partial charge in [-0.2, -0.15) is 0 Å². The van der Waals surface area contributed by atoms with Crippen LogP contribution >= 0.6 is 0 Å². The quantitative estimate of drug-likeness (QED) is 0.536. The Bertz CT molecular complexity index is 1010. The SMILES string of the molecule is COc1cc(CCc2ccc3c(c2)OCCO3)cc(CCc2ccc3c(c2)OCCO3)c1. The summed E-state index contributed by atoms with van der Waals surface area (Å²) >= 11 is 0. The zero-order chi connectivity index (χ0) is 21.8. The maximum atomic E-state index is 5.72. The molecule has 0 radical (unpaired) electrons. The second-order valence-corrected chi connectivity index (χ2v) is 8.15. The Hall–Kier alpha value is -3.34. The van der Waals surface area contributed by atoms with Gasteiger partial charge in [-0.25, -0.2) is 0 Å². The Morgan fingerprint density at radius 1 is 0.531 bits per heavy atom. The fourth-order valence-corrected chi connectivity index (χ4v) is 4.20. The number of aryl methyl sites for hydroxylation is 4. The van der Waals surface area contributed by atoms with Crippen LogP contribution in [0.15, 0.2) is 54.6 Å². The normalized spacial score (nSPS) is 14.2. The molecule has 166 valence electrons. The van der Waals surface area contributed by atoms with E-state index in [9.17, 15) is 0 Å². The molecule has 5 nitrogen and oxygen atoms in total. The first-order valence-electron chi connectivity index (χ1n) is 11.2. The molecule has 0 bridgehead atoms. The molecule has 0 N–H and O–H groups in total. The van der Waals surface area contributed by atoms with E-state index < -0.39 is 0 Å². The Morgan fingerprint density at radius 3 is 1.44 bits per heavy atom. The molecular formula is C27H28O5. The summed E-state index contributed by atoms with van der Waals surface area (Å²) in [6, 6.07) is 19.0. The monoisotopic (exact) mass is 432 g/mol. The zero-order valence-corrected chi connectivity index (χ0v) is 18.4. The lowest BCUT2D eigenvalue weighted by Gasteiger charge is -2.19. The van der Waals surface area contributed by atoms with Crippen LogP contribution in [0.5, 0.6) is 28.7 Å². The number of rotatable bonds is 7. The van der Waals surface area contributed by atoms with Crippen molar-refractivity contribution in [3.8, 4) is 28.7 Å². The van der Waals surface area contributed by atoms with Gasteiger partial charge in [0.15, 0.2) is 23.0 Å². The lowest BCUT2D eigenvalue weighted by Crippen LogP contribution is -2.15. The Morgan fingerprint density at radius 2 is 0.969 bits per heavy atom. The van der Waals surface area contributed by atoms with Gasteiger partial charge in [-0.1, -0.05) is 18.2 Å². The number of fused-ring (bicyclic) bond motifs is 2. The molecule has 5 heteroatoms. The van der Waals surface area contributed by atoms with E-state index in [0.717, 1.165) is 54.4 Å². The number of benzene rings is 3. The van der Waals surface area contributed by atoms with Crippen LogP contribution < -0.4 is 23.7 Å². The lowest BCUT2D eigenvalue weighted by atomic mass is 9.98. The predicted molar refractivity (Wildman–Crippen MR) is 123 cm³/mol. The summed E-state index contributed by atoms with van der Waals surface area (Å²) < 4.78 is 28.3. The van der Waals surface area contributed by atoms with Gasteiger partial charge in [-0.15, -0.1) is 0 Å². The highest BCUT2D eigenvalue weighted by Crippen LogP contribution is 2.32. The summed E-state index contributed by atoms with van der Waals surface area (Å²) in [7, 11) is 1.73. The summed E-state index contributed by atoms with van der Waals surface area (Å²) in [6.45, 7) is 2.45. The average molecular weight is 433 g/mol. The minimum Gasteiger partial charge on any atom is -0.497 e. The summed E-state index contributed by atoms with van der Waals surface area (Å²) in [5, 5.41) is 0. The molecule has 0 fully saturated rings. The van der Waals surface area contributed by atoms with E-state index in [2.05, 4.69) is 42.5 Å². The number of ether oxygens (including phenoxy) is 5. The Balaban J connectivity index is 1.25. The second-order valence-electron chi connectivity index (χ2n) is 8.15. The highest BCUT2D eigenvalue weighted by molar-refractivity contribution is 5.45. The molecule has 3 aromatic carbocycles. The van der Waals surface area contributed by atoms with Crippen LogP contribution in [0.4, 0.5) is 0 Å². The first-order valence-corrected chi connectivity index (χ1v) is 11.2. The summed E-state index contributed by atoms with van der Waals surface area (Å²) in [4.78, 5) is 0. The summed E-state index contributed by atoms with van der Waals surface area (Å²) in [5.41, 5.74) is 5.04. The standard InChI is InChI=1S/C27H28O5/c1-28-23-15-21(4-2-19-6-8-24-26(17-19)31-12-10-29-24)14-22(16-23)5-3-20-7-9-25-27(18-20)32-13-11-30-25/h6-9,14-18H,2-5,10-13H2,1H3. The van der Waals surface area contributed by atoms with Crippen molar-refractivity contribution in [2.75, 3.05) is 33.5 Å². The maximum absolute atomic E-state index is 5.72. The Labute approximate surface area is 188 Å². The third kappa shape index (κ3) is 4.77. The molecule has 0 saturated heterocycles. The minimum atomic E-state index is 0.610. The van der Waals surface area contributed by atoms with Crippen LogP contribution in [-0.4, -0.2) is 33.5 Å². The molecule has 0 spiro atoms. The highest BCUT2D eigenvalue weighted by atomic mass is 16.6. The molecule has 0 saturated carbocycles. The molecule has 3 aromatic rings. The average Bonchev–Trinajstić information content (AvgIpc) is 2.86. The fraction of sp³-hybridized carbons (Fsp3) is 0.333. The van der Waals surface area contributed by atoms with Crippen molar-refractivity contribution < 1.29 is 23.7 Å². The van der Waals surface area contributed by atoms with Crippen LogP contribution in [0.3, 0.4) is 0 Å². The third-order valence-corrected chi connectivity index (χ3v) is 5.88. The number of methoxy groups -OCH3 is 1. The van der Waals surface area contributed by atoms with Crippen molar-refractivity contribution in [1.29, 1.82) is 0 Å². The first kappa shape index (κ1) is 20.6. The van der Waals surface area contributed by atoms with Crippen LogP contribution in [-0.2, 0) is 25.7 Å². The summed E-state index contributed by atoms with van der Waals surface area (Å²) in [6.07, 6.45) is 3.75. The van der Waals surface area contributed by atoms with Gasteiger partial charge in [0.05, 0.1) is 7.11 Å². The van der Waals surface area contributed by atoms with Crippen molar-refractivity contribution in [2.24, 2.45) is 0 Å². The number of hydrogen-bond donors (Lipinski definition) is 0. The zero-order valence-electron chi connectivity index (χ0n) is 18.4. The molecule has 0 aliphatic carbocycles. The van der Waals surface area contributed by atoms with E-state index in [4.69, 9.17) is 23.7 Å². The van der Waals surface area contributed by atoms with Gasteiger partial charge in [-0.05, 0) is 84.3 Å². The van der Waals surface area contributed by atoms with Crippen molar-refractivity contribution in [1.82, 2.24) is 0 Å². The van der Waals surface area contributed by atoms with Crippen LogP contribution in [0.2, 0.25) is 0 Å². The molecule has 0 atom stereocenters. The molecule has 0 unspecified atom stereocenters. The smallest absolute Gasteiger partial charge is 0.161 e. The van der Waals surface area contributed by atoms with E-state index in [0.29, 0.717) is 26.4 Å². The topological polar surface area (TPSA) is 46.2 Å². The van der Waals surface area contributed by atoms with E-state index in [1.165, 1.54) is 22.3 Å². The molecule has 2 heterocycles. The molecular weight excluding hydrogens is 404 g/mol. The summed E-state index contributed by atoms with van der Waals surface area (Å²) in [5.74, 6) is 4.27. The fourth-order valence-electron chi connectivity index (χ4n) is 4.20. The van der Waals surface area contributed by atoms with Crippen molar-refractivity contribution in [3.05, 3.63) is 76.9 Å². The minimum absolute atomic E-state index is 0.610. The van der Waals surface area contributed by atoms with Gasteiger partial charge in [0.1, 0.15) is 32.2 Å². The van der Waals surface area contributed by atoms with Crippen LogP contribution in [0.25, 0.3) is 0 Å². The van der Waals surface area contributed by atoms with Crippen LogP contribution in [0, 0.1) is 0 Å².